The Balaban J connectivity index is 1.79. The van der Waals surface area contributed by atoms with Crippen LogP contribution in [-0.2, 0) is 12.8 Å². The normalized spacial score (nSPS) is 14.8. The summed E-state index contributed by atoms with van der Waals surface area (Å²) < 4.78 is 1.79. The van der Waals surface area contributed by atoms with Crippen molar-refractivity contribution in [3.8, 4) is 11.4 Å². The highest BCUT2D eigenvalue weighted by Crippen LogP contribution is 2.36. The molecule has 1 aliphatic carbocycles. The first-order valence-electron chi connectivity index (χ1n) is 8.32. The summed E-state index contributed by atoms with van der Waals surface area (Å²) in [7, 11) is 0. The van der Waals surface area contributed by atoms with Crippen molar-refractivity contribution in [1.82, 2.24) is 19.6 Å². The second-order valence-electron chi connectivity index (χ2n) is 6.28. The molecule has 0 unspecified atom stereocenters. The molecule has 120 valence electrons. The summed E-state index contributed by atoms with van der Waals surface area (Å²) in [5, 5.41) is 5.80. The van der Waals surface area contributed by atoms with E-state index >= 15 is 0 Å². The van der Waals surface area contributed by atoms with E-state index in [1.807, 2.05) is 35.6 Å². The highest BCUT2D eigenvalue weighted by Gasteiger charge is 2.20. The summed E-state index contributed by atoms with van der Waals surface area (Å²) in [4.78, 5) is 12.0. The van der Waals surface area contributed by atoms with Gasteiger partial charge in [-0.3, -0.25) is 0 Å². The van der Waals surface area contributed by atoms with Crippen LogP contribution in [0.1, 0.15) is 29.7 Å². The lowest BCUT2D eigenvalue weighted by molar-refractivity contribution is 0.713. The van der Waals surface area contributed by atoms with Gasteiger partial charge in [0.05, 0.1) is 5.39 Å². The Hall–Kier alpha value is -2.47. The quantitative estimate of drug-likeness (QED) is 0.424. The molecular formula is C18H17N5S. The molecule has 0 saturated carbocycles. The number of thiophene rings is 1. The van der Waals surface area contributed by atoms with Crippen LogP contribution in [0.4, 0.5) is 5.69 Å². The first-order valence-corrected chi connectivity index (χ1v) is 9.13. The summed E-state index contributed by atoms with van der Waals surface area (Å²) in [6.45, 7) is 0. The molecule has 0 bridgehead atoms. The van der Waals surface area contributed by atoms with Gasteiger partial charge >= 0.3 is 0 Å². The molecule has 1 aromatic carbocycles. The topological polar surface area (TPSA) is 69.1 Å². The molecule has 0 amide bonds. The van der Waals surface area contributed by atoms with Crippen LogP contribution in [0.15, 0.2) is 30.6 Å². The fraction of sp³-hybridized carbons (Fsp3) is 0.278. The van der Waals surface area contributed by atoms with Gasteiger partial charge < -0.3 is 5.73 Å². The Morgan fingerprint density at radius 2 is 1.96 bits per heavy atom. The van der Waals surface area contributed by atoms with Crippen molar-refractivity contribution in [3.63, 3.8) is 0 Å². The third-order valence-corrected chi connectivity index (χ3v) is 5.94. The molecule has 0 saturated heterocycles. The monoisotopic (exact) mass is 335 g/mol. The standard InChI is InChI=1S/C18H17N5S/c19-13-8-5-4-6-11(13)16-21-17-15-12-7-2-1-3-9-14(12)24-18(15)20-10-23(17)22-16/h4-6,8,10H,1-3,7,9,19H2. The first kappa shape index (κ1) is 13.9. The van der Waals surface area contributed by atoms with E-state index in [0.29, 0.717) is 11.5 Å². The molecular weight excluding hydrogens is 318 g/mol. The van der Waals surface area contributed by atoms with Crippen molar-refractivity contribution in [3.05, 3.63) is 41.0 Å². The fourth-order valence-electron chi connectivity index (χ4n) is 3.55. The summed E-state index contributed by atoms with van der Waals surface area (Å²) in [5.41, 5.74) is 10.00. The van der Waals surface area contributed by atoms with Crippen molar-refractivity contribution < 1.29 is 0 Å². The largest absolute Gasteiger partial charge is 0.398 e. The minimum Gasteiger partial charge on any atom is -0.398 e. The predicted octanol–water partition coefficient (Wildman–Crippen LogP) is 3.86. The molecule has 5 nitrogen and oxygen atoms in total. The van der Waals surface area contributed by atoms with Crippen molar-refractivity contribution in [2.24, 2.45) is 0 Å². The summed E-state index contributed by atoms with van der Waals surface area (Å²) in [6.07, 6.45) is 7.86. The zero-order chi connectivity index (χ0) is 16.1. The van der Waals surface area contributed by atoms with Gasteiger partial charge in [-0.1, -0.05) is 18.6 Å². The van der Waals surface area contributed by atoms with Gasteiger partial charge in [0.15, 0.2) is 11.5 Å². The lowest BCUT2D eigenvalue weighted by Gasteiger charge is -1.99. The molecule has 3 aromatic heterocycles. The maximum atomic E-state index is 6.10. The molecule has 0 fully saturated rings. The number of rotatable bonds is 1. The van der Waals surface area contributed by atoms with Crippen molar-refractivity contribution >= 4 is 32.9 Å². The number of aryl methyl sites for hydroxylation is 2. The molecule has 0 spiro atoms. The van der Waals surface area contributed by atoms with Crippen molar-refractivity contribution in [2.45, 2.75) is 32.1 Å². The lowest BCUT2D eigenvalue weighted by Crippen LogP contribution is -1.92. The second kappa shape index (κ2) is 5.27. The average Bonchev–Trinajstić information content (AvgIpc) is 3.09. The van der Waals surface area contributed by atoms with E-state index in [1.165, 1.54) is 35.1 Å². The van der Waals surface area contributed by atoms with Gasteiger partial charge in [-0.2, -0.15) is 0 Å². The summed E-state index contributed by atoms with van der Waals surface area (Å²) in [6, 6.07) is 7.73. The number of para-hydroxylation sites is 1. The predicted molar refractivity (Wildman–Crippen MR) is 97.3 cm³/mol. The van der Waals surface area contributed by atoms with Gasteiger partial charge in [0.25, 0.3) is 0 Å². The summed E-state index contributed by atoms with van der Waals surface area (Å²) >= 11 is 1.82. The fourth-order valence-corrected chi connectivity index (χ4v) is 4.77. The molecule has 6 heteroatoms. The number of nitrogen functional groups attached to an aromatic ring is 1. The van der Waals surface area contributed by atoms with E-state index in [9.17, 15) is 0 Å². The van der Waals surface area contributed by atoms with Crippen molar-refractivity contribution in [2.75, 3.05) is 5.73 Å². The number of hydrogen-bond donors (Lipinski definition) is 1. The highest BCUT2D eigenvalue weighted by molar-refractivity contribution is 7.19. The Kier molecular flexibility index (Phi) is 3.06. The van der Waals surface area contributed by atoms with Crippen LogP contribution in [-0.4, -0.2) is 19.6 Å². The number of fused-ring (bicyclic) bond motifs is 5. The molecule has 0 aliphatic heterocycles. The Bertz CT molecular complexity index is 1060. The van der Waals surface area contributed by atoms with Crippen LogP contribution in [0.2, 0.25) is 0 Å². The van der Waals surface area contributed by atoms with Crippen LogP contribution < -0.4 is 5.73 Å². The Morgan fingerprint density at radius 1 is 1.08 bits per heavy atom. The molecule has 24 heavy (non-hydrogen) atoms. The van der Waals surface area contributed by atoms with Crippen molar-refractivity contribution in [1.29, 1.82) is 0 Å². The second-order valence-corrected chi connectivity index (χ2v) is 7.36. The SMILES string of the molecule is Nc1ccccc1-c1nc2c3c4c(sc3ncn2n1)CCCCC4. The molecule has 0 radical (unpaired) electrons. The van der Waals surface area contributed by atoms with Gasteiger partial charge in [-0.05, 0) is 43.4 Å². The molecule has 4 aromatic rings. The maximum absolute atomic E-state index is 6.10. The first-order chi connectivity index (χ1) is 11.8. The van der Waals surface area contributed by atoms with E-state index in [2.05, 4.69) is 10.1 Å². The minimum absolute atomic E-state index is 0.663. The third-order valence-electron chi connectivity index (χ3n) is 4.74. The third kappa shape index (κ3) is 2.03. The zero-order valence-corrected chi connectivity index (χ0v) is 14.0. The maximum Gasteiger partial charge on any atom is 0.184 e. The number of nitrogens with zero attached hydrogens (tertiary/aromatic N) is 4. The number of benzene rings is 1. The van der Waals surface area contributed by atoms with E-state index in [4.69, 9.17) is 10.7 Å². The lowest BCUT2D eigenvalue weighted by atomic mass is 10.1. The number of hydrogen-bond acceptors (Lipinski definition) is 5. The van der Waals surface area contributed by atoms with Gasteiger partial charge in [0.2, 0.25) is 0 Å². The van der Waals surface area contributed by atoms with Crippen LogP contribution in [0.3, 0.4) is 0 Å². The number of aromatic nitrogens is 4. The highest BCUT2D eigenvalue weighted by atomic mass is 32.1. The van der Waals surface area contributed by atoms with Gasteiger partial charge in [-0.25, -0.2) is 14.5 Å². The molecule has 0 atom stereocenters. The van der Waals surface area contributed by atoms with Gasteiger partial charge in [0, 0.05) is 16.1 Å². The smallest absolute Gasteiger partial charge is 0.184 e. The molecule has 5 rings (SSSR count). The Labute approximate surface area is 143 Å². The molecule has 3 heterocycles. The number of nitrogens with two attached hydrogens (primary N) is 1. The van der Waals surface area contributed by atoms with Crippen LogP contribution >= 0.6 is 11.3 Å². The molecule has 1 aliphatic rings. The van der Waals surface area contributed by atoms with E-state index in [0.717, 1.165) is 28.9 Å². The van der Waals surface area contributed by atoms with E-state index in [1.54, 1.807) is 10.8 Å². The number of anilines is 1. The minimum atomic E-state index is 0.663. The summed E-state index contributed by atoms with van der Waals surface area (Å²) in [5.74, 6) is 0.663. The average molecular weight is 335 g/mol. The van der Waals surface area contributed by atoms with E-state index < -0.39 is 0 Å². The van der Waals surface area contributed by atoms with Gasteiger partial charge in [-0.15, -0.1) is 16.4 Å². The van der Waals surface area contributed by atoms with E-state index in [-0.39, 0.29) is 0 Å². The van der Waals surface area contributed by atoms with Crippen LogP contribution in [0.25, 0.3) is 27.3 Å². The van der Waals surface area contributed by atoms with Crippen LogP contribution in [0, 0.1) is 0 Å². The van der Waals surface area contributed by atoms with Gasteiger partial charge in [0.1, 0.15) is 11.2 Å². The molecule has 2 N–H and O–H groups in total. The zero-order valence-electron chi connectivity index (χ0n) is 13.2. The van der Waals surface area contributed by atoms with Crippen LogP contribution in [0.5, 0.6) is 0 Å². The Morgan fingerprint density at radius 3 is 2.88 bits per heavy atom.